The lowest BCUT2D eigenvalue weighted by Gasteiger charge is -2.19. The first-order valence-electron chi connectivity index (χ1n) is 7.38. The smallest absolute Gasteiger partial charge is 0.280 e. The Kier molecular flexibility index (Phi) is 4.77. The summed E-state index contributed by atoms with van der Waals surface area (Å²) in [5.41, 5.74) is 3.94. The summed E-state index contributed by atoms with van der Waals surface area (Å²) in [6, 6.07) is 27.0. The van der Waals surface area contributed by atoms with Crippen molar-refractivity contribution in [3.8, 4) is 6.07 Å². The van der Waals surface area contributed by atoms with Gasteiger partial charge in [0.15, 0.2) is 0 Å². The molecule has 3 aromatic rings. The van der Waals surface area contributed by atoms with E-state index in [1.165, 1.54) is 0 Å². The number of hydrogen-bond acceptors (Lipinski definition) is 4. The first kappa shape index (κ1) is 16.0. The number of anilines is 1. The molecule has 0 spiro atoms. The normalized spacial score (nSPS) is 10.8. The zero-order valence-corrected chi connectivity index (χ0v) is 13.7. The van der Waals surface area contributed by atoms with Gasteiger partial charge in [0.2, 0.25) is 0 Å². The van der Waals surface area contributed by atoms with E-state index in [1.54, 1.807) is 48.5 Å². The summed E-state index contributed by atoms with van der Waals surface area (Å²) < 4.78 is 19.3. The second-order valence-corrected chi connectivity index (χ2v) is 7.42. The van der Waals surface area contributed by atoms with Gasteiger partial charge in [-0.25, -0.2) is 4.62 Å². The number of nitrogens with zero attached hydrogens (tertiary/aromatic N) is 1. The Morgan fingerprint density at radius 3 is 1.75 bits per heavy atom. The molecule has 0 heterocycles. The fourth-order valence-electron chi connectivity index (χ4n) is 2.23. The monoisotopic (exact) mass is 334 g/mol. The van der Waals surface area contributed by atoms with E-state index in [0.717, 1.165) is 0 Å². The van der Waals surface area contributed by atoms with Gasteiger partial charge in [-0.2, -0.15) is 5.26 Å². The van der Waals surface area contributed by atoms with E-state index in [0.29, 0.717) is 21.9 Å². The van der Waals surface area contributed by atoms with Crippen LogP contribution in [0.5, 0.6) is 0 Å². The number of rotatable bonds is 5. The van der Waals surface area contributed by atoms with Crippen LogP contribution in [0.2, 0.25) is 0 Å². The van der Waals surface area contributed by atoms with Crippen LogP contribution in [0.25, 0.3) is 0 Å². The molecule has 0 saturated heterocycles. The fourth-order valence-corrected chi connectivity index (χ4v) is 4.10. The molecule has 118 valence electrons. The van der Waals surface area contributed by atoms with Gasteiger partial charge in [-0.3, -0.25) is 10.0 Å². The Morgan fingerprint density at radius 1 is 0.792 bits per heavy atom. The predicted molar refractivity (Wildman–Crippen MR) is 95.6 cm³/mol. The molecule has 0 aliphatic heterocycles. The summed E-state index contributed by atoms with van der Waals surface area (Å²) in [6.07, 6.45) is 0. The molecule has 4 nitrogen and oxygen atoms in total. The van der Waals surface area contributed by atoms with Crippen LogP contribution >= 0.6 is 7.37 Å². The average Bonchev–Trinajstić information content (AvgIpc) is 2.68. The van der Waals surface area contributed by atoms with Gasteiger partial charge in [0.1, 0.15) is 0 Å². The topological polar surface area (TPSA) is 62.1 Å². The van der Waals surface area contributed by atoms with Crippen molar-refractivity contribution in [2.45, 2.75) is 0 Å². The van der Waals surface area contributed by atoms with Crippen molar-refractivity contribution < 1.29 is 9.19 Å². The Hall–Kier alpha value is -2.86. The third kappa shape index (κ3) is 3.38. The zero-order valence-electron chi connectivity index (χ0n) is 12.8. The minimum Gasteiger partial charge on any atom is -0.280 e. The van der Waals surface area contributed by atoms with Gasteiger partial charge < -0.3 is 0 Å². The number of nitrogens with one attached hydrogen (secondary N) is 1. The van der Waals surface area contributed by atoms with Gasteiger partial charge >= 0.3 is 0 Å². The van der Waals surface area contributed by atoms with Crippen LogP contribution in [0.4, 0.5) is 5.69 Å². The highest BCUT2D eigenvalue weighted by atomic mass is 31.2. The second kappa shape index (κ2) is 7.14. The molecule has 3 rings (SSSR count). The van der Waals surface area contributed by atoms with Crippen LogP contribution in [-0.2, 0) is 9.19 Å². The number of hydrogen-bond donors (Lipinski definition) is 1. The summed E-state index contributed by atoms with van der Waals surface area (Å²) in [7, 11) is -3.28. The van der Waals surface area contributed by atoms with Gasteiger partial charge in [0.25, 0.3) is 7.37 Å². The Morgan fingerprint density at radius 2 is 1.29 bits per heavy atom. The predicted octanol–water partition coefficient (Wildman–Crippen LogP) is 3.83. The highest BCUT2D eigenvalue weighted by Crippen LogP contribution is 2.44. The lowest BCUT2D eigenvalue weighted by atomic mass is 10.2. The van der Waals surface area contributed by atoms with Crippen molar-refractivity contribution in [1.82, 2.24) is 0 Å². The lowest BCUT2D eigenvalue weighted by Crippen LogP contribution is -2.20. The van der Waals surface area contributed by atoms with Crippen molar-refractivity contribution in [2.75, 3.05) is 5.48 Å². The van der Waals surface area contributed by atoms with Crippen molar-refractivity contribution in [1.29, 1.82) is 5.26 Å². The second-order valence-electron chi connectivity index (χ2n) is 5.11. The molecule has 0 aliphatic rings. The van der Waals surface area contributed by atoms with Gasteiger partial charge in [0.05, 0.1) is 17.3 Å². The standard InChI is InChI=1S/C19H15N2O2P/c20-15-16-11-13-17(14-12-16)21-23-24(22,18-7-3-1-4-8-18)19-9-5-2-6-10-19/h1-14,21H. The van der Waals surface area contributed by atoms with E-state index in [-0.39, 0.29) is 0 Å². The molecular formula is C19H15N2O2P. The summed E-state index contributed by atoms with van der Waals surface area (Å²) >= 11 is 0. The first-order chi connectivity index (χ1) is 11.7. The molecular weight excluding hydrogens is 319 g/mol. The molecule has 5 heteroatoms. The molecule has 3 aromatic carbocycles. The fraction of sp³-hybridized carbons (Fsp3) is 0. The van der Waals surface area contributed by atoms with Crippen molar-refractivity contribution in [2.24, 2.45) is 0 Å². The first-order valence-corrected chi connectivity index (χ1v) is 9.01. The average molecular weight is 334 g/mol. The van der Waals surface area contributed by atoms with E-state index < -0.39 is 7.37 Å². The molecule has 0 bridgehead atoms. The molecule has 24 heavy (non-hydrogen) atoms. The van der Waals surface area contributed by atoms with Gasteiger partial charge in [-0.15, -0.1) is 0 Å². The Labute approximate surface area is 140 Å². The van der Waals surface area contributed by atoms with E-state index in [2.05, 4.69) is 11.5 Å². The van der Waals surface area contributed by atoms with Crippen LogP contribution in [0.3, 0.4) is 0 Å². The van der Waals surface area contributed by atoms with Crippen LogP contribution < -0.4 is 16.1 Å². The third-order valence-corrected chi connectivity index (χ3v) is 5.80. The molecule has 1 N–H and O–H groups in total. The van der Waals surface area contributed by atoms with Crippen LogP contribution in [0.15, 0.2) is 84.9 Å². The van der Waals surface area contributed by atoms with Crippen molar-refractivity contribution in [3.05, 3.63) is 90.5 Å². The van der Waals surface area contributed by atoms with E-state index >= 15 is 0 Å². The van der Waals surface area contributed by atoms with Crippen molar-refractivity contribution >= 4 is 23.7 Å². The molecule has 0 unspecified atom stereocenters. The Balaban J connectivity index is 1.91. The third-order valence-electron chi connectivity index (χ3n) is 3.50. The molecule has 0 fully saturated rings. The van der Waals surface area contributed by atoms with Crippen molar-refractivity contribution in [3.63, 3.8) is 0 Å². The minimum absolute atomic E-state index is 0.551. The highest BCUT2D eigenvalue weighted by Gasteiger charge is 2.29. The van der Waals surface area contributed by atoms with Gasteiger partial charge in [-0.05, 0) is 48.5 Å². The molecule has 0 amide bonds. The minimum atomic E-state index is -3.28. The van der Waals surface area contributed by atoms with Gasteiger partial charge in [-0.1, -0.05) is 36.4 Å². The summed E-state index contributed by atoms with van der Waals surface area (Å²) in [5.74, 6) is 0. The van der Waals surface area contributed by atoms with Crippen LogP contribution in [-0.4, -0.2) is 0 Å². The quantitative estimate of drug-likeness (QED) is 0.569. The Bertz CT molecular complexity index is 845. The maximum absolute atomic E-state index is 13.6. The summed E-state index contributed by atoms with van der Waals surface area (Å²) in [6.45, 7) is 0. The zero-order chi connectivity index (χ0) is 16.8. The summed E-state index contributed by atoms with van der Waals surface area (Å²) in [5, 5.41) is 10.1. The molecule has 0 aliphatic carbocycles. The highest BCUT2D eigenvalue weighted by molar-refractivity contribution is 7.74. The number of nitriles is 1. The van der Waals surface area contributed by atoms with E-state index in [4.69, 9.17) is 9.89 Å². The van der Waals surface area contributed by atoms with E-state index in [9.17, 15) is 4.57 Å². The maximum Gasteiger partial charge on any atom is 0.283 e. The lowest BCUT2D eigenvalue weighted by molar-refractivity contribution is 0.404. The molecule has 0 aromatic heterocycles. The van der Waals surface area contributed by atoms with Gasteiger partial charge in [0, 0.05) is 10.6 Å². The SMILES string of the molecule is N#Cc1ccc(NOP(=O)(c2ccccc2)c2ccccc2)cc1. The van der Waals surface area contributed by atoms with Crippen LogP contribution in [0.1, 0.15) is 5.56 Å². The molecule has 0 radical (unpaired) electrons. The largest absolute Gasteiger partial charge is 0.283 e. The summed E-state index contributed by atoms with van der Waals surface area (Å²) in [4.78, 5) is 0. The maximum atomic E-state index is 13.6. The van der Waals surface area contributed by atoms with Crippen LogP contribution in [0, 0.1) is 11.3 Å². The molecule has 0 atom stereocenters. The van der Waals surface area contributed by atoms with E-state index in [1.807, 2.05) is 36.4 Å². The molecule has 0 saturated carbocycles. The number of benzene rings is 3.